The Kier molecular flexibility index (Phi) is 7.14. The largest absolute Gasteiger partial charge is 0.507 e. The lowest BCUT2D eigenvalue weighted by Crippen LogP contribution is -2.53. The van der Waals surface area contributed by atoms with Crippen molar-refractivity contribution in [3.63, 3.8) is 0 Å². The second kappa shape index (κ2) is 10.3. The van der Waals surface area contributed by atoms with Gasteiger partial charge in [0, 0.05) is 36.0 Å². The Labute approximate surface area is 233 Å². The summed E-state index contributed by atoms with van der Waals surface area (Å²) >= 11 is 0. The second-order valence-corrected chi connectivity index (χ2v) is 10.4. The topological polar surface area (TPSA) is 221 Å². The summed E-state index contributed by atoms with van der Waals surface area (Å²) < 4.78 is 17.2. The number of nitrogens with one attached hydrogen (secondary N) is 1. The van der Waals surface area contributed by atoms with Crippen LogP contribution in [-0.2, 0) is 20.7 Å². The van der Waals surface area contributed by atoms with Crippen LogP contribution in [0.3, 0.4) is 0 Å². The number of aliphatic hydroxyl groups is 2. The number of hydrogen-bond donors (Lipinski definition) is 5. The van der Waals surface area contributed by atoms with Crippen molar-refractivity contribution in [1.29, 1.82) is 0 Å². The normalized spacial score (nSPS) is 28.6. The van der Waals surface area contributed by atoms with Gasteiger partial charge in [-0.3, -0.25) is 19.8 Å². The highest BCUT2D eigenvalue weighted by atomic mass is 16.7. The number of benzene rings is 2. The molecule has 0 radical (unpaired) electrons. The molecular formula is C27H28N4O10. The fourth-order valence-corrected chi connectivity index (χ4v) is 5.85. The van der Waals surface area contributed by atoms with Crippen LogP contribution in [-0.4, -0.2) is 75.0 Å². The van der Waals surface area contributed by atoms with E-state index < -0.39 is 82.6 Å². The van der Waals surface area contributed by atoms with Crippen LogP contribution in [0.2, 0.25) is 0 Å². The van der Waals surface area contributed by atoms with Crippen molar-refractivity contribution in [3.05, 3.63) is 62.0 Å². The molecule has 216 valence electrons. The van der Waals surface area contributed by atoms with Gasteiger partial charge in [-0.1, -0.05) is 12.1 Å². The first-order valence-corrected chi connectivity index (χ1v) is 12.8. The van der Waals surface area contributed by atoms with E-state index in [0.29, 0.717) is 0 Å². The van der Waals surface area contributed by atoms with E-state index >= 15 is 0 Å². The number of phenols is 2. The molecule has 14 nitrogen and oxygen atoms in total. The van der Waals surface area contributed by atoms with Crippen LogP contribution in [0.1, 0.15) is 75.8 Å². The summed E-state index contributed by atoms with van der Waals surface area (Å²) in [5.41, 5.74) is 7.83. The highest BCUT2D eigenvalue weighted by molar-refractivity contribution is 6.31. The summed E-state index contributed by atoms with van der Waals surface area (Å²) in [6.07, 6.45) is -5.18. The second-order valence-electron chi connectivity index (χ2n) is 10.4. The summed E-state index contributed by atoms with van der Waals surface area (Å²) in [5, 5.41) is 47.9. The van der Waals surface area contributed by atoms with Gasteiger partial charge in [0.1, 0.15) is 35.0 Å². The van der Waals surface area contributed by atoms with Gasteiger partial charge in [0.25, 0.3) is 0 Å². The van der Waals surface area contributed by atoms with Gasteiger partial charge < -0.3 is 34.6 Å². The first kappa shape index (κ1) is 28.3. The fourth-order valence-electron chi connectivity index (χ4n) is 5.85. The molecule has 1 aliphatic heterocycles. The smallest absolute Gasteiger partial charge is 0.202 e. The van der Waals surface area contributed by atoms with Crippen molar-refractivity contribution >= 4 is 17.3 Å². The van der Waals surface area contributed by atoms with Gasteiger partial charge in [-0.25, -0.2) is 0 Å². The van der Waals surface area contributed by atoms with Crippen LogP contribution in [0.4, 0.5) is 0 Å². The van der Waals surface area contributed by atoms with E-state index in [1.54, 1.807) is 6.92 Å². The number of fused-ring (bicyclic) bond motifs is 3. The predicted octanol–water partition coefficient (Wildman–Crippen LogP) is 1.89. The van der Waals surface area contributed by atoms with E-state index in [2.05, 4.69) is 15.6 Å². The molecule has 41 heavy (non-hydrogen) atoms. The molecule has 0 bridgehead atoms. The molecule has 1 heterocycles. The predicted molar refractivity (Wildman–Crippen MR) is 138 cm³/mol. The van der Waals surface area contributed by atoms with Crippen molar-refractivity contribution in [3.8, 4) is 17.2 Å². The summed E-state index contributed by atoms with van der Waals surface area (Å²) in [5.74, 6) is -3.37. The van der Waals surface area contributed by atoms with Crippen molar-refractivity contribution in [2.24, 2.45) is 5.22 Å². The number of hydrogen-bond acceptors (Lipinski definition) is 11. The number of rotatable bonds is 6. The van der Waals surface area contributed by atoms with Gasteiger partial charge in [0.15, 0.2) is 17.9 Å². The Balaban J connectivity index is 1.64. The minimum atomic E-state index is -2.05. The third kappa shape index (κ3) is 4.46. The number of methoxy groups -OCH3 is 1. The Hall–Kier alpha value is -4.20. The molecule has 4 unspecified atom stereocenters. The molecular weight excluding hydrogens is 540 g/mol. The highest BCUT2D eigenvalue weighted by Gasteiger charge is 2.49. The number of azide groups is 1. The maximum absolute atomic E-state index is 13.7. The zero-order valence-corrected chi connectivity index (χ0v) is 22.3. The fraction of sp³-hybridized carbons (Fsp3) is 0.444. The van der Waals surface area contributed by atoms with Gasteiger partial charge in [-0.05, 0) is 25.1 Å². The lowest BCUT2D eigenvalue weighted by atomic mass is 9.72. The number of phenolic OH excluding ortho intramolecular Hbond substituents is 2. The van der Waals surface area contributed by atoms with Crippen molar-refractivity contribution in [2.75, 3.05) is 7.11 Å². The molecule has 0 spiro atoms. The highest BCUT2D eigenvalue weighted by Crippen LogP contribution is 2.52. The third-order valence-corrected chi connectivity index (χ3v) is 8.02. The molecule has 2 aromatic carbocycles. The Morgan fingerprint density at radius 1 is 1.20 bits per heavy atom. The Morgan fingerprint density at radius 3 is 2.56 bits per heavy atom. The number of Topliss-reactive ketones (excluding diaryl/α,β-unsaturated/α-hetero) is 1. The van der Waals surface area contributed by atoms with Crippen LogP contribution in [0, 0.1) is 0 Å². The molecule has 2 aromatic rings. The minimum Gasteiger partial charge on any atom is -0.507 e. The molecule has 5 N–H and O–H groups in total. The van der Waals surface area contributed by atoms with Crippen LogP contribution in [0.15, 0.2) is 23.4 Å². The number of carbonyl (C=O) groups is 3. The minimum absolute atomic E-state index is 0.0383. The zero-order valence-electron chi connectivity index (χ0n) is 22.3. The van der Waals surface area contributed by atoms with Crippen LogP contribution < -0.4 is 10.2 Å². The number of aromatic hydroxyl groups is 2. The molecule has 2 aliphatic carbocycles. The Morgan fingerprint density at radius 2 is 1.90 bits per heavy atom. The lowest BCUT2D eigenvalue weighted by molar-refractivity contribution is -0.249. The summed E-state index contributed by atoms with van der Waals surface area (Å²) in [4.78, 5) is 42.4. The summed E-state index contributed by atoms with van der Waals surface area (Å²) in [6.45, 7) is 2.71. The monoisotopic (exact) mass is 568 g/mol. The summed E-state index contributed by atoms with van der Waals surface area (Å²) in [6, 6.07) is 3.60. The quantitative estimate of drug-likeness (QED) is 0.0949. The number of aliphatic hydroxyl groups excluding tert-OH is 1. The number of ketones is 3. The average Bonchev–Trinajstić information content (AvgIpc) is 2.93. The van der Waals surface area contributed by atoms with Crippen molar-refractivity contribution in [2.45, 2.75) is 69.4 Å². The number of ether oxygens (including phenoxy) is 3. The zero-order chi connectivity index (χ0) is 29.8. The molecule has 0 aromatic heterocycles. The lowest BCUT2D eigenvalue weighted by Gasteiger charge is -2.42. The molecule has 1 saturated heterocycles. The molecule has 5 rings (SSSR count). The van der Waals surface area contributed by atoms with Crippen molar-refractivity contribution in [1.82, 2.24) is 5.43 Å². The van der Waals surface area contributed by atoms with Gasteiger partial charge >= 0.3 is 0 Å². The van der Waals surface area contributed by atoms with E-state index in [1.165, 1.54) is 25.3 Å². The molecule has 0 saturated carbocycles. The average molecular weight is 569 g/mol. The maximum atomic E-state index is 13.7. The van der Waals surface area contributed by atoms with Gasteiger partial charge in [0.2, 0.25) is 5.78 Å². The first-order chi connectivity index (χ1) is 19.4. The van der Waals surface area contributed by atoms with Crippen molar-refractivity contribution < 1.29 is 49.0 Å². The third-order valence-electron chi connectivity index (χ3n) is 8.02. The summed E-state index contributed by atoms with van der Waals surface area (Å²) in [7, 11) is 1.33. The number of carbonyl (C=O) groups excluding carboxylic acids is 3. The standard InChI is InChI=1S/C27H28N4O10/c1-10-22(33)14(29-31-30-28)7-17(40-10)41-16-9-27(38,11(2)32)8-13-19(16)26(37)21-20(24(13)35)23(34)12-5-4-6-15(39-3)18(12)25(21)36/h4-6,10,14,16-17,22,29,33,35,37-38H,7-9H2,1-3H3/t10?,14?,16-,17?,22?,27-/m0/s1. The SMILES string of the molecule is COc1cccc2c1C(=O)c1c(O)c3c(c(O)c1C2=O)C[C@@](O)(C(C)=O)C[C@@H]3OC1CC(NN=[N+]=[N-])C(O)C(C)O1. The Bertz CT molecular complexity index is 1520. The maximum Gasteiger partial charge on any atom is 0.202 e. The molecule has 1 fully saturated rings. The first-order valence-electron chi connectivity index (χ1n) is 12.8. The van der Waals surface area contributed by atoms with Crippen LogP contribution in [0.5, 0.6) is 17.2 Å². The van der Waals surface area contributed by atoms with Gasteiger partial charge in [-0.15, -0.1) is 5.53 Å². The van der Waals surface area contributed by atoms with E-state index in [4.69, 9.17) is 19.7 Å². The number of nitrogens with zero attached hydrogens (tertiary/aromatic N) is 3. The van der Waals surface area contributed by atoms with Gasteiger partial charge in [-0.2, -0.15) is 4.91 Å². The van der Waals surface area contributed by atoms with Crippen LogP contribution in [0.25, 0.3) is 10.4 Å². The van der Waals surface area contributed by atoms with E-state index in [9.17, 15) is 34.8 Å². The molecule has 0 amide bonds. The van der Waals surface area contributed by atoms with E-state index in [1.807, 2.05) is 0 Å². The molecule has 14 heteroatoms. The molecule has 3 aliphatic rings. The van der Waals surface area contributed by atoms with E-state index in [-0.39, 0.29) is 40.8 Å². The van der Waals surface area contributed by atoms with Crippen LogP contribution >= 0.6 is 0 Å². The van der Waals surface area contributed by atoms with E-state index in [0.717, 1.165) is 6.92 Å². The molecule has 6 atom stereocenters. The van der Waals surface area contributed by atoms with Gasteiger partial charge in [0.05, 0.1) is 36.0 Å².